The molecule has 0 bridgehead atoms. The monoisotopic (exact) mass is 499 g/mol. The fourth-order valence-corrected chi connectivity index (χ4v) is 4.83. The Bertz CT molecular complexity index is 954. The highest BCUT2D eigenvalue weighted by Crippen LogP contribution is 2.42. The zero-order valence-electron chi connectivity index (χ0n) is 19.7. The topological polar surface area (TPSA) is 87.2 Å². The summed E-state index contributed by atoms with van der Waals surface area (Å²) in [7, 11) is 0. The van der Waals surface area contributed by atoms with Crippen LogP contribution in [0.3, 0.4) is 0 Å². The molecule has 9 nitrogen and oxygen atoms in total. The number of anilines is 1. The first-order valence-electron chi connectivity index (χ1n) is 11.3. The van der Waals surface area contributed by atoms with E-state index in [1.807, 2.05) is 20.8 Å². The maximum absolute atomic E-state index is 13.8. The molecule has 2 saturated heterocycles. The lowest BCUT2D eigenvalue weighted by atomic mass is 10.0. The number of rotatable bonds is 1. The number of fused-ring (bicyclic) bond motifs is 2. The summed E-state index contributed by atoms with van der Waals surface area (Å²) in [6.07, 6.45) is -0.400. The summed E-state index contributed by atoms with van der Waals surface area (Å²) in [5, 5.41) is 3.67. The predicted molar refractivity (Wildman–Crippen MR) is 127 cm³/mol. The molecule has 0 aliphatic carbocycles. The number of carbonyl (C=O) groups is 2. The zero-order valence-corrected chi connectivity index (χ0v) is 21.2. The molecule has 0 unspecified atom stereocenters. The molecule has 1 aromatic rings. The third-order valence-corrected chi connectivity index (χ3v) is 7.09. The summed E-state index contributed by atoms with van der Waals surface area (Å²) in [4.78, 5) is 36.4. The van der Waals surface area contributed by atoms with Gasteiger partial charge >= 0.3 is 6.09 Å². The van der Waals surface area contributed by atoms with Crippen molar-refractivity contribution in [3.8, 4) is 5.75 Å². The number of ether oxygens (including phenoxy) is 2. The molecule has 4 heterocycles. The Morgan fingerprint density at radius 1 is 1.18 bits per heavy atom. The summed E-state index contributed by atoms with van der Waals surface area (Å²) in [5.41, 5.74) is -0.263. The first-order valence-corrected chi connectivity index (χ1v) is 12.0. The van der Waals surface area contributed by atoms with Crippen molar-refractivity contribution in [3.63, 3.8) is 0 Å². The van der Waals surface area contributed by atoms with Gasteiger partial charge in [-0.1, -0.05) is 23.2 Å². The molecule has 4 rings (SSSR count). The maximum Gasteiger partial charge on any atom is 0.410 e. The van der Waals surface area contributed by atoms with Crippen LogP contribution in [-0.2, 0) is 4.74 Å². The normalized spacial score (nSPS) is 25.7. The van der Waals surface area contributed by atoms with Gasteiger partial charge in [-0.05, 0) is 34.6 Å². The van der Waals surface area contributed by atoms with Crippen LogP contribution < -0.4 is 15.0 Å². The predicted octanol–water partition coefficient (Wildman–Crippen LogP) is 3.03. The molecule has 0 aromatic carbocycles. The van der Waals surface area contributed by atoms with Crippen molar-refractivity contribution in [2.75, 3.05) is 44.2 Å². The molecular formula is C22H31Cl2N5O4. The lowest BCUT2D eigenvalue weighted by Gasteiger charge is -2.41. The van der Waals surface area contributed by atoms with Crippen molar-refractivity contribution in [1.82, 2.24) is 20.1 Å². The van der Waals surface area contributed by atoms with Gasteiger partial charge < -0.3 is 29.5 Å². The Kier molecular flexibility index (Phi) is 6.59. The van der Waals surface area contributed by atoms with E-state index in [4.69, 9.17) is 32.7 Å². The number of carbonyl (C=O) groups excluding carboxylic acids is 2. The van der Waals surface area contributed by atoms with E-state index in [1.54, 1.807) is 9.80 Å². The largest absolute Gasteiger partial charge is 0.489 e. The van der Waals surface area contributed by atoms with E-state index in [0.29, 0.717) is 37.6 Å². The average molecular weight is 500 g/mol. The van der Waals surface area contributed by atoms with Crippen LogP contribution in [0.4, 0.5) is 10.6 Å². The molecule has 3 atom stereocenters. The Labute approximate surface area is 204 Å². The maximum atomic E-state index is 13.8. The first kappa shape index (κ1) is 24.2. The SMILES string of the molecule is C[C@@H]1NCCN(c2nc(Cl)c(Cl)c3c2C(=O)N2CCN(C(=O)OC(C)(C)C)C[C@@H]2CO3)[C@H]1C. The van der Waals surface area contributed by atoms with Gasteiger partial charge in [-0.15, -0.1) is 0 Å². The van der Waals surface area contributed by atoms with Crippen LogP contribution in [-0.4, -0.2) is 89.8 Å². The van der Waals surface area contributed by atoms with E-state index >= 15 is 0 Å². The average Bonchev–Trinajstić information content (AvgIpc) is 2.88. The fraction of sp³-hybridized carbons (Fsp3) is 0.682. The number of aromatic nitrogens is 1. The van der Waals surface area contributed by atoms with Gasteiger partial charge in [-0.25, -0.2) is 9.78 Å². The fourth-order valence-electron chi connectivity index (χ4n) is 4.48. The number of hydrogen-bond donors (Lipinski definition) is 1. The second-order valence-corrected chi connectivity index (χ2v) is 10.5. The van der Waals surface area contributed by atoms with Gasteiger partial charge in [0, 0.05) is 44.8 Å². The van der Waals surface area contributed by atoms with E-state index < -0.39 is 11.7 Å². The summed E-state index contributed by atoms with van der Waals surface area (Å²) >= 11 is 12.8. The van der Waals surface area contributed by atoms with Crippen LogP contribution in [0.5, 0.6) is 5.75 Å². The number of nitrogens with zero attached hydrogens (tertiary/aromatic N) is 4. The minimum atomic E-state index is -0.595. The van der Waals surface area contributed by atoms with Crippen LogP contribution in [0.15, 0.2) is 0 Å². The minimum absolute atomic E-state index is 0.0865. The molecule has 1 N–H and O–H groups in total. The van der Waals surface area contributed by atoms with Crippen molar-refractivity contribution in [3.05, 3.63) is 15.7 Å². The van der Waals surface area contributed by atoms with Crippen LogP contribution in [0.25, 0.3) is 0 Å². The highest BCUT2D eigenvalue weighted by Gasteiger charge is 2.42. The van der Waals surface area contributed by atoms with Gasteiger partial charge in [0.2, 0.25) is 0 Å². The van der Waals surface area contributed by atoms with E-state index in [9.17, 15) is 9.59 Å². The lowest BCUT2D eigenvalue weighted by molar-refractivity contribution is 0.000953. The van der Waals surface area contributed by atoms with Crippen LogP contribution in [0, 0.1) is 0 Å². The molecule has 2 amide bonds. The highest BCUT2D eigenvalue weighted by molar-refractivity contribution is 6.42. The van der Waals surface area contributed by atoms with Gasteiger partial charge in [-0.3, -0.25) is 4.79 Å². The molecular weight excluding hydrogens is 469 g/mol. The second-order valence-electron chi connectivity index (χ2n) is 9.81. The third-order valence-electron chi connectivity index (χ3n) is 6.37. The summed E-state index contributed by atoms with van der Waals surface area (Å²) in [6, 6.07) is -0.0470. The van der Waals surface area contributed by atoms with Gasteiger partial charge in [-0.2, -0.15) is 0 Å². The number of piperazine rings is 2. The highest BCUT2D eigenvalue weighted by atomic mass is 35.5. The van der Waals surface area contributed by atoms with Crippen molar-refractivity contribution in [2.24, 2.45) is 0 Å². The molecule has 2 fully saturated rings. The zero-order chi connectivity index (χ0) is 24.1. The molecule has 11 heteroatoms. The quantitative estimate of drug-likeness (QED) is 0.594. The Balaban J connectivity index is 1.66. The molecule has 3 aliphatic rings. The molecule has 182 valence electrons. The standard InChI is InChI=1S/C22H31Cl2N5O4/c1-12-13(2)28(7-6-25-12)19-15-17(16(23)18(24)26-19)32-11-14-10-27(8-9-29(14)20(15)30)21(31)33-22(3,4)5/h12-14,25H,6-11H2,1-5H3/t12-,13-,14+/m0/s1. The molecule has 3 aliphatic heterocycles. The van der Waals surface area contributed by atoms with E-state index in [0.717, 1.165) is 6.54 Å². The first-order chi connectivity index (χ1) is 15.5. The number of nitrogens with one attached hydrogen (secondary N) is 1. The second kappa shape index (κ2) is 9.00. The van der Waals surface area contributed by atoms with Crippen molar-refractivity contribution in [2.45, 2.75) is 58.3 Å². The Morgan fingerprint density at radius 2 is 1.91 bits per heavy atom. The van der Waals surface area contributed by atoms with Crippen molar-refractivity contribution >= 4 is 41.0 Å². The Hall–Kier alpha value is -1.97. The molecule has 33 heavy (non-hydrogen) atoms. The van der Waals surface area contributed by atoms with Gasteiger partial charge in [0.1, 0.15) is 28.6 Å². The summed E-state index contributed by atoms with van der Waals surface area (Å²) in [6.45, 7) is 12.3. The minimum Gasteiger partial charge on any atom is -0.489 e. The lowest BCUT2D eigenvalue weighted by Crippen LogP contribution is -2.58. The number of halogens is 2. The molecule has 0 radical (unpaired) electrons. The van der Waals surface area contributed by atoms with E-state index in [-0.39, 0.29) is 46.6 Å². The third kappa shape index (κ3) is 4.68. The van der Waals surface area contributed by atoms with Crippen molar-refractivity contribution in [1.29, 1.82) is 0 Å². The smallest absolute Gasteiger partial charge is 0.410 e. The number of pyridine rings is 1. The molecule has 0 saturated carbocycles. The van der Waals surface area contributed by atoms with Gasteiger partial charge in [0.05, 0.1) is 6.04 Å². The number of amides is 2. The van der Waals surface area contributed by atoms with Crippen LogP contribution in [0.1, 0.15) is 45.0 Å². The van der Waals surface area contributed by atoms with Crippen LogP contribution in [0.2, 0.25) is 10.2 Å². The van der Waals surface area contributed by atoms with E-state index in [1.165, 1.54) is 0 Å². The summed E-state index contributed by atoms with van der Waals surface area (Å²) in [5.74, 6) is 0.532. The van der Waals surface area contributed by atoms with Gasteiger partial charge in [0.25, 0.3) is 5.91 Å². The molecule has 1 aromatic heterocycles. The Morgan fingerprint density at radius 3 is 2.61 bits per heavy atom. The van der Waals surface area contributed by atoms with E-state index in [2.05, 4.69) is 29.0 Å². The van der Waals surface area contributed by atoms with Crippen LogP contribution >= 0.6 is 23.2 Å². The number of hydrogen-bond acceptors (Lipinski definition) is 7. The van der Waals surface area contributed by atoms with Crippen molar-refractivity contribution < 1.29 is 19.1 Å². The summed E-state index contributed by atoms with van der Waals surface area (Å²) < 4.78 is 11.6. The molecule has 0 spiro atoms. The van der Waals surface area contributed by atoms with Gasteiger partial charge in [0.15, 0.2) is 10.9 Å².